The Morgan fingerprint density at radius 1 is 1.23 bits per heavy atom. The van der Waals surface area contributed by atoms with Gasteiger partial charge in [0.05, 0.1) is 5.52 Å². The van der Waals surface area contributed by atoms with E-state index >= 15 is 0 Å². The number of amides is 1. The average molecular weight is 384 g/mol. The summed E-state index contributed by atoms with van der Waals surface area (Å²) in [7, 11) is 0. The molecule has 7 heteroatoms. The maximum Gasteiger partial charge on any atom is 0.272 e. The van der Waals surface area contributed by atoms with Crippen LogP contribution in [0, 0.1) is 6.92 Å². The lowest BCUT2D eigenvalue weighted by molar-refractivity contribution is -0.116. The number of nitrogens with one attached hydrogen (secondary N) is 1. The van der Waals surface area contributed by atoms with E-state index in [0.717, 1.165) is 10.1 Å². The number of fused-ring (bicyclic) bond motifs is 3. The summed E-state index contributed by atoms with van der Waals surface area (Å²) in [5, 5.41) is 4.25. The van der Waals surface area contributed by atoms with Crippen LogP contribution in [-0.2, 0) is 11.3 Å². The fourth-order valence-corrected chi connectivity index (χ4v) is 4.16. The number of carbonyl (C=O) groups excluding carboxylic acids is 1. The molecule has 0 fully saturated rings. The highest BCUT2D eigenvalue weighted by molar-refractivity contribution is 7.25. The Bertz CT molecular complexity index is 1210. The summed E-state index contributed by atoms with van der Waals surface area (Å²) in [6, 6.07) is 14.7. The van der Waals surface area contributed by atoms with Crippen molar-refractivity contribution in [2.75, 3.05) is 5.32 Å². The standard InChI is InChI=1S/C19H14ClN3O2S/c1-11-21-17-14-7-2-3-8-15(14)26-18(17)19(25)23(11)10-16(24)22-13-6-4-5-12(20)9-13/h2-9H,10H2,1H3,(H,22,24). The number of halogens is 1. The number of nitrogens with zero attached hydrogens (tertiary/aromatic N) is 2. The topological polar surface area (TPSA) is 64.0 Å². The molecule has 0 atom stereocenters. The summed E-state index contributed by atoms with van der Waals surface area (Å²) in [5.41, 5.74) is 1.08. The van der Waals surface area contributed by atoms with Crippen molar-refractivity contribution in [3.8, 4) is 0 Å². The molecule has 1 amide bonds. The Labute approximate surface area is 157 Å². The fourth-order valence-electron chi connectivity index (χ4n) is 2.88. The zero-order valence-corrected chi connectivity index (χ0v) is 15.4. The normalized spacial score (nSPS) is 11.2. The second kappa shape index (κ2) is 6.55. The Balaban J connectivity index is 1.71. The van der Waals surface area contributed by atoms with Crippen molar-refractivity contribution in [2.24, 2.45) is 0 Å². The van der Waals surface area contributed by atoms with Crippen LogP contribution in [-0.4, -0.2) is 15.5 Å². The minimum absolute atomic E-state index is 0.103. The molecule has 0 saturated carbocycles. The summed E-state index contributed by atoms with van der Waals surface area (Å²) < 4.78 is 2.97. The molecule has 0 aliphatic carbocycles. The Morgan fingerprint density at radius 2 is 2.04 bits per heavy atom. The Hall–Kier alpha value is -2.70. The van der Waals surface area contributed by atoms with Crippen molar-refractivity contribution in [1.82, 2.24) is 9.55 Å². The van der Waals surface area contributed by atoms with Crippen molar-refractivity contribution in [2.45, 2.75) is 13.5 Å². The van der Waals surface area contributed by atoms with E-state index < -0.39 is 0 Å². The van der Waals surface area contributed by atoms with Crippen LogP contribution in [0.15, 0.2) is 53.3 Å². The highest BCUT2D eigenvalue weighted by atomic mass is 35.5. The van der Waals surface area contributed by atoms with Crippen molar-refractivity contribution in [1.29, 1.82) is 0 Å². The fraction of sp³-hybridized carbons (Fsp3) is 0.105. The van der Waals surface area contributed by atoms with E-state index in [2.05, 4.69) is 10.3 Å². The van der Waals surface area contributed by atoms with E-state index in [1.807, 2.05) is 24.3 Å². The Morgan fingerprint density at radius 3 is 2.85 bits per heavy atom. The average Bonchev–Trinajstić information content (AvgIpc) is 2.97. The van der Waals surface area contributed by atoms with Crippen LogP contribution < -0.4 is 10.9 Å². The predicted molar refractivity (Wildman–Crippen MR) is 106 cm³/mol. The predicted octanol–water partition coefficient (Wildman–Crippen LogP) is 4.21. The third-order valence-corrected chi connectivity index (χ3v) is 5.47. The van der Waals surface area contributed by atoms with Crippen molar-refractivity contribution >= 4 is 54.8 Å². The molecule has 130 valence electrons. The molecule has 0 radical (unpaired) electrons. The van der Waals surface area contributed by atoms with Crippen molar-refractivity contribution in [3.63, 3.8) is 0 Å². The number of aryl methyl sites for hydroxylation is 1. The molecule has 0 unspecified atom stereocenters. The first-order valence-corrected chi connectivity index (χ1v) is 9.16. The van der Waals surface area contributed by atoms with E-state index in [9.17, 15) is 9.59 Å². The van der Waals surface area contributed by atoms with Gasteiger partial charge in [0.25, 0.3) is 5.56 Å². The van der Waals surface area contributed by atoms with Gasteiger partial charge < -0.3 is 5.32 Å². The van der Waals surface area contributed by atoms with Gasteiger partial charge in [0.1, 0.15) is 17.1 Å². The van der Waals surface area contributed by atoms with Gasteiger partial charge in [-0.3, -0.25) is 14.2 Å². The zero-order chi connectivity index (χ0) is 18.3. The van der Waals surface area contributed by atoms with Gasteiger partial charge in [-0.15, -0.1) is 11.3 Å². The number of carbonyl (C=O) groups is 1. The first-order valence-electron chi connectivity index (χ1n) is 7.97. The van der Waals surface area contributed by atoms with Crippen LogP contribution in [0.5, 0.6) is 0 Å². The molecule has 4 aromatic rings. The second-order valence-corrected chi connectivity index (χ2v) is 7.37. The number of rotatable bonds is 3. The van der Waals surface area contributed by atoms with Gasteiger partial charge in [-0.1, -0.05) is 35.9 Å². The van der Waals surface area contributed by atoms with Gasteiger partial charge in [0, 0.05) is 20.8 Å². The first-order chi connectivity index (χ1) is 12.5. The molecule has 0 spiro atoms. The Kier molecular flexibility index (Phi) is 4.22. The minimum atomic E-state index is -0.306. The van der Waals surface area contributed by atoms with Crippen LogP contribution >= 0.6 is 22.9 Å². The lowest BCUT2D eigenvalue weighted by atomic mass is 10.2. The van der Waals surface area contributed by atoms with Gasteiger partial charge in [-0.05, 0) is 31.2 Å². The molecule has 26 heavy (non-hydrogen) atoms. The van der Waals surface area contributed by atoms with Gasteiger partial charge in [-0.25, -0.2) is 4.98 Å². The summed E-state index contributed by atoms with van der Waals surface area (Å²) in [5.74, 6) is 0.201. The molecular formula is C19H14ClN3O2S. The quantitative estimate of drug-likeness (QED) is 0.576. The molecule has 2 aromatic carbocycles. The zero-order valence-electron chi connectivity index (χ0n) is 13.8. The van der Waals surface area contributed by atoms with Gasteiger partial charge in [-0.2, -0.15) is 0 Å². The highest BCUT2D eigenvalue weighted by Gasteiger charge is 2.15. The maximum absolute atomic E-state index is 12.9. The molecule has 0 aliphatic rings. The molecular weight excluding hydrogens is 370 g/mol. The molecule has 0 aliphatic heterocycles. The van der Waals surface area contributed by atoms with Crippen molar-refractivity contribution < 1.29 is 4.79 Å². The summed E-state index contributed by atoms with van der Waals surface area (Å²) in [6.45, 7) is 1.63. The van der Waals surface area contributed by atoms with Crippen LogP contribution in [0.2, 0.25) is 5.02 Å². The molecule has 2 heterocycles. The van der Waals surface area contributed by atoms with E-state index in [0.29, 0.717) is 26.8 Å². The molecule has 4 rings (SSSR count). The summed E-state index contributed by atoms with van der Waals surface area (Å²) >= 11 is 7.33. The van der Waals surface area contributed by atoms with Gasteiger partial charge in [0.2, 0.25) is 5.91 Å². The number of hydrogen-bond acceptors (Lipinski definition) is 4. The molecule has 0 bridgehead atoms. The van der Waals surface area contributed by atoms with Gasteiger partial charge in [0.15, 0.2) is 0 Å². The smallest absolute Gasteiger partial charge is 0.272 e. The second-order valence-electron chi connectivity index (χ2n) is 5.88. The minimum Gasteiger partial charge on any atom is -0.324 e. The van der Waals surface area contributed by atoms with E-state index in [4.69, 9.17) is 11.6 Å². The third-order valence-electron chi connectivity index (χ3n) is 4.08. The lowest BCUT2D eigenvalue weighted by Crippen LogP contribution is -2.29. The van der Waals surface area contributed by atoms with E-state index in [1.54, 1.807) is 31.2 Å². The number of thiophene rings is 1. The van der Waals surface area contributed by atoms with Gasteiger partial charge >= 0.3 is 0 Å². The molecule has 1 N–H and O–H groups in total. The number of anilines is 1. The molecule has 5 nitrogen and oxygen atoms in total. The number of hydrogen-bond donors (Lipinski definition) is 1. The molecule has 0 saturated heterocycles. The lowest BCUT2D eigenvalue weighted by Gasteiger charge is -2.10. The maximum atomic E-state index is 12.9. The third kappa shape index (κ3) is 2.98. The van der Waals surface area contributed by atoms with E-state index in [1.165, 1.54) is 15.9 Å². The van der Waals surface area contributed by atoms with Crippen LogP contribution in [0.4, 0.5) is 5.69 Å². The monoisotopic (exact) mass is 383 g/mol. The number of benzene rings is 2. The SMILES string of the molecule is Cc1nc2c(sc3ccccc32)c(=O)n1CC(=O)Nc1cccc(Cl)c1. The summed E-state index contributed by atoms with van der Waals surface area (Å²) in [6.07, 6.45) is 0. The van der Waals surface area contributed by atoms with Crippen molar-refractivity contribution in [3.05, 3.63) is 69.7 Å². The summed E-state index contributed by atoms with van der Waals surface area (Å²) in [4.78, 5) is 29.8. The van der Waals surface area contributed by atoms with Crippen LogP contribution in [0.1, 0.15) is 5.82 Å². The largest absolute Gasteiger partial charge is 0.324 e. The number of aromatic nitrogens is 2. The van der Waals surface area contributed by atoms with E-state index in [-0.39, 0.29) is 18.0 Å². The van der Waals surface area contributed by atoms with Crippen LogP contribution in [0.3, 0.4) is 0 Å². The van der Waals surface area contributed by atoms with Crippen LogP contribution in [0.25, 0.3) is 20.3 Å². The highest BCUT2D eigenvalue weighted by Crippen LogP contribution is 2.30. The first kappa shape index (κ1) is 16.8. The molecule has 2 aromatic heterocycles.